The molecule has 0 aliphatic carbocycles. The Hall–Kier alpha value is -1.55. The molecule has 2 N–H and O–H groups in total. The van der Waals surface area contributed by atoms with E-state index >= 15 is 0 Å². The van der Waals surface area contributed by atoms with Crippen LogP contribution in [0.15, 0.2) is 29.2 Å². The molecule has 86 valence electrons. The van der Waals surface area contributed by atoms with E-state index in [0.717, 1.165) is 21.0 Å². The van der Waals surface area contributed by atoms with Gasteiger partial charge in [0.1, 0.15) is 0 Å². The van der Waals surface area contributed by atoms with Crippen molar-refractivity contribution in [2.45, 2.75) is 6.10 Å². The maximum absolute atomic E-state index is 11.3. The van der Waals surface area contributed by atoms with Crippen LogP contribution in [0, 0.1) is 0 Å². The Morgan fingerprint density at radius 2 is 2.29 bits per heavy atom. The summed E-state index contributed by atoms with van der Waals surface area (Å²) in [6.45, 7) is 0. The SMILES string of the molecule is O=C(NO)C1C=Cc2ccc3cc[se]c3c2O1. The van der Waals surface area contributed by atoms with Crippen molar-refractivity contribution in [1.29, 1.82) is 0 Å². The Balaban J connectivity index is 2.10. The van der Waals surface area contributed by atoms with Gasteiger partial charge < -0.3 is 0 Å². The van der Waals surface area contributed by atoms with Crippen LogP contribution in [0.25, 0.3) is 15.7 Å². The zero-order valence-electron chi connectivity index (χ0n) is 8.71. The zero-order valence-corrected chi connectivity index (χ0v) is 10.4. The number of benzene rings is 1. The van der Waals surface area contributed by atoms with Crippen molar-refractivity contribution in [2.75, 3.05) is 0 Å². The molecule has 1 unspecified atom stereocenters. The molecule has 0 saturated heterocycles. The van der Waals surface area contributed by atoms with E-state index in [2.05, 4.69) is 17.1 Å². The van der Waals surface area contributed by atoms with Crippen LogP contribution in [0.3, 0.4) is 0 Å². The van der Waals surface area contributed by atoms with Crippen molar-refractivity contribution >= 4 is 36.1 Å². The molecule has 0 saturated carbocycles. The summed E-state index contributed by atoms with van der Waals surface area (Å²) in [6.07, 6.45) is 2.73. The summed E-state index contributed by atoms with van der Waals surface area (Å²) in [5.74, 6) is 0.214. The summed E-state index contributed by atoms with van der Waals surface area (Å²) in [6, 6.07) is 6.10. The van der Waals surface area contributed by atoms with Gasteiger partial charge in [0.05, 0.1) is 0 Å². The number of carbonyl (C=O) groups is 1. The van der Waals surface area contributed by atoms with E-state index in [-0.39, 0.29) is 14.5 Å². The molecule has 1 aromatic carbocycles. The van der Waals surface area contributed by atoms with E-state index < -0.39 is 12.0 Å². The molecule has 0 spiro atoms. The number of hydrogen-bond acceptors (Lipinski definition) is 3. The topological polar surface area (TPSA) is 58.6 Å². The molecule has 1 atom stereocenters. The molecule has 3 rings (SSSR count). The predicted octanol–water partition coefficient (Wildman–Crippen LogP) is 1.18. The summed E-state index contributed by atoms with van der Waals surface area (Å²) in [5.41, 5.74) is 2.59. The monoisotopic (exact) mass is 295 g/mol. The van der Waals surface area contributed by atoms with Gasteiger partial charge in [-0.05, 0) is 0 Å². The summed E-state index contributed by atoms with van der Waals surface area (Å²) in [4.78, 5) is 13.5. The van der Waals surface area contributed by atoms with Crippen molar-refractivity contribution in [3.63, 3.8) is 0 Å². The molecular weight excluding hydrogens is 285 g/mol. The van der Waals surface area contributed by atoms with E-state index in [9.17, 15) is 4.79 Å². The van der Waals surface area contributed by atoms with Gasteiger partial charge in [0, 0.05) is 0 Å². The molecular formula is C12H9NO3Se. The van der Waals surface area contributed by atoms with Crippen molar-refractivity contribution in [3.05, 3.63) is 34.8 Å². The van der Waals surface area contributed by atoms with Gasteiger partial charge in [-0.15, -0.1) is 0 Å². The van der Waals surface area contributed by atoms with Crippen LogP contribution < -0.4 is 10.2 Å². The van der Waals surface area contributed by atoms with Crippen molar-refractivity contribution < 1.29 is 14.7 Å². The quantitative estimate of drug-likeness (QED) is 0.472. The van der Waals surface area contributed by atoms with E-state index in [1.807, 2.05) is 12.1 Å². The molecule has 4 nitrogen and oxygen atoms in total. The Kier molecular flexibility index (Phi) is 2.51. The van der Waals surface area contributed by atoms with E-state index in [1.165, 1.54) is 0 Å². The first kappa shape index (κ1) is 10.6. The van der Waals surface area contributed by atoms with Crippen LogP contribution in [0.2, 0.25) is 0 Å². The van der Waals surface area contributed by atoms with Crippen LogP contribution >= 0.6 is 0 Å². The summed E-state index contributed by atoms with van der Waals surface area (Å²) < 4.78 is 6.81. The van der Waals surface area contributed by atoms with Crippen LogP contribution in [-0.4, -0.2) is 31.7 Å². The number of amides is 1. The van der Waals surface area contributed by atoms with Gasteiger partial charge in [0.15, 0.2) is 0 Å². The van der Waals surface area contributed by atoms with Crippen LogP contribution in [0.5, 0.6) is 5.75 Å². The van der Waals surface area contributed by atoms with E-state index in [4.69, 9.17) is 9.94 Å². The number of nitrogens with one attached hydrogen (secondary N) is 1. The van der Waals surface area contributed by atoms with E-state index in [1.54, 1.807) is 11.6 Å². The van der Waals surface area contributed by atoms with E-state index in [0.29, 0.717) is 0 Å². The van der Waals surface area contributed by atoms with Crippen LogP contribution in [0.4, 0.5) is 0 Å². The molecule has 5 heteroatoms. The first-order valence-electron chi connectivity index (χ1n) is 5.08. The number of carbonyl (C=O) groups excluding carboxylic acids is 1. The average molecular weight is 294 g/mol. The summed E-state index contributed by atoms with van der Waals surface area (Å²) >= 11 is 0.256. The second-order valence-electron chi connectivity index (χ2n) is 3.70. The summed E-state index contributed by atoms with van der Waals surface area (Å²) in [7, 11) is 0. The molecule has 0 bridgehead atoms. The fourth-order valence-corrected chi connectivity index (χ4v) is 3.72. The van der Waals surface area contributed by atoms with Crippen molar-refractivity contribution in [1.82, 2.24) is 5.48 Å². The number of fused-ring (bicyclic) bond motifs is 3. The number of rotatable bonds is 1. The van der Waals surface area contributed by atoms with Crippen LogP contribution in [0.1, 0.15) is 5.56 Å². The standard InChI is InChI=1S/C12H9NO3Se/c14-12(13-15)9-4-3-7-1-2-8-5-6-17-11(8)10(7)16-9/h1-6,9,15H,(H,13,14). The minimum absolute atomic E-state index is 0.256. The number of hydrogen-bond donors (Lipinski definition) is 2. The molecule has 2 aromatic rings. The fourth-order valence-electron chi connectivity index (χ4n) is 1.84. The van der Waals surface area contributed by atoms with Gasteiger partial charge in [-0.2, -0.15) is 0 Å². The normalized spacial score (nSPS) is 17.6. The average Bonchev–Trinajstić information content (AvgIpc) is 2.85. The van der Waals surface area contributed by atoms with Crippen molar-refractivity contribution in [3.8, 4) is 5.75 Å². The molecule has 1 aliphatic rings. The van der Waals surface area contributed by atoms with Gasteiger partial charge in [0.25, 0.3) is 0 Å². The first-order valence-corrected chi connectivity index (χ1v) is 6.93. The molecule has 2 heterocycles. The third-order valence-electron chi connectivity index (χ3n) is 2.67. The van der Waals surface area contributed by atoms with Crippen molar-refractivity contribution in [2.24, 2.45) is 0 Å². The number of hydroxylamine groups is 1. The molecule has 1 aromatic heterocycles. The molecule has 1 aliphatic heterocycles. The van der Waals surface area contributed by atoms with Crippen LogP contribution in [-0.2, 0) is 4.79 Å². The molecule has 1 amide bonds. The second kappa shape index (κ2) is 4.04. The second-order valence-corrected chi connectivity index (χ2v) is 5.62. The first-order chi connectivity index (χ1) is 8.29. The fraction of sp³-hybridized carbons (Fsp3) is 0.0833. The Bertz CT molecular complexity index is 617. The summed E-state index contributed by atoms with van der Waals surface area (Å²) in [5, 5.41) is 9.76. The van der Waals surface area contributed by atoms with Gasteiger partial charge >= 0.3 is 103 Å². The molecule has 0 fully saturated rings. The Morgan fingerprint density at radius 3 is 3.12 bits per heavy atom. The minimum atomic E-state index is -0.754. The third kappa shape index (κ3) is 1.69. The maximum atomic E-state index is 11.3. The van der Waals surface area contributed by atoms with Gasteiger partial charge in [-0.3, -0.25) is 0 Å². The molecule has 0 radical (unpaired) electrons. The van der Waals surface area contributed by atoms with Gasteiger partial charge in [-0.25, -0.2) is 0 Å². The van der Waals surface area contributed by atoms with Gasteiger partial charge in [-0.1, -0.05) is 0 Å². The molecule has 17 heavy (non-hydrogen) atoms. The Labute approximate surface area is 103 Å². The Morgan fingerprint density at radius 1 is 1.41 bits per heavy atom. The zero-order chi connectivity index (χ0) is 11.8. The third-order valence-corrected chi connectivity index (χ3v) is 4.62. The number of ether oxygens (including phenoxy) is 1. The predicted molar refractivity (Wildman–Crippen MR) is 64.3 cm³/mol. The van der Waals surface area contributed by atoms with Gasteiger partial charge in [0.2, 0.25) is 0 Å².